The number of anilines is 1. The molecule has 0 bridgehead atoms. The van der Waals surface area contributed by atoms with Gasteiger partial charge in [0.05, 0.1) is 11.0 Å². The molecule has 0 aliphatic heterocycles. The highest BCUT2D eigenvalue weighted by molar-refractivity contribution is 7.10. The minimum atomic E-state index is -0.831. The van der Waals surface area contributed by atoms with E-state index in [9.17, 15) is 14.5 Å². The molecule has 1 atom stereocenters. The van der Waals surface area contributed by atoms with E-state index < -0.39 is 16.4 Å². The summed E-state index contributed by atoms with van der Waals surface area (Å²) in [5, 5.41) is 15.9. The van der Waals surface area contributed by atoms with E-state index in [2.05, 4.69) is 5.32 Å². The minimum absolute atomic E-state index is 0.0628. The van der Waals surface area contributed by atoms with Gasteiger partial charge >= 0.3 is 5.69 Å². The Hall–Kier alpha value is -1.99. The van der Waals surface area contributed by atoms with E-state index >= 15 is 0 Å². The SMILES string of the molecule is CN(C)[C@H](CNc1cccc(F)c1[N+](=O)[O-])c1cccs1. The molecule has 5 nitrogen and oxygen atoms in total. The molecule has 1 heterocycles. The van der Waals surface area contributed by atoms with Gasteiger partial charge in [0, 0.05) is 11.4 Å². The third-order valence-corrected chi connectivity index (χ3v) is 4.12. The number of hydrogen-bond donors (Lipinski definition) is 1. The second kappa shape index (κ2) is 6.64. The number of nitrogens with zero attached hydrogens (tertiary/aromatic N) is 2. The molecule has 2 aromatic rings. The maximum absolute atomic E-state index is 13.6. The van der Waals surface area contributed by atoms with Gasteiger partial charge in [-0.25, -0.2) is 0 Å². The van der Waals surface area contributed by atoms with Gasteiger partial charge in [0.1, 0.15) is 5.69 Å². The Balaban J connectivity index is 2.19. The van der Waals surface area contributed by atoms with Gasteiger partial charge in [-0.15, -0.1) is 11.3 Å². The summed E-state index contributed by atoms with van der Waals surface area (Å²) < 4.78 is 13.6. The van der Waals surface area contributed by atoms with Gasteiger partial charge in [-0.1, -0.05) is 12.1 Å². The molecule has 0 saturated carbocycles. The van der Waals surface area contributed by atoms with Gasteiger partial charge in [0.15, 0.2) is 0 Å². The monoisotopic (exact) mass is 309 g/mol. The van der Waals surface area contributed by atoms with Crippen LogP contribution in [0.4, 0.5) is 15.8 Å². The average Bonchev–Trinajstić information content (AvgIpc) is 2.92. The molecular weight excluding hydrogens is 293 g/mol. The van der Waals surface area contributed by atoms with Gasteiger partial charge in [0.25, 0.3) is 0 Å². The number of rotatable bonds is 6. The summed E-state index contributed by atoms with van der Waals surface area (Å²) in [5.41, 5.74) is -0.315. The Kier molecular flexibility index (Phi) is 4.87. The van der Waals surface area contributed by atoms with Crippen molar-refractivity contribution >= 4 is 22.7 Å². The molecule has 2 rings (SSSR count). The van der Waals surface area contributed by atoms with Crippen molar-refractivity contribution in [2.75, 3.05) is 26.0 Å². The van der Waals surface area contributed by atoms with Crippen LogP contribution in [0.3, 0.4) is 0 Å². The Morgan fingerprint density at radius 3 is 2.71 bits per heavy atom. The minimum Gasteiger partial charge on any atom is -0.377 e. The van der Waals surface area contributed by atoms with Gasteiger partial charge < -0.3 is 10.2 Å². The van der Waals surface area contributed by atoms with Crippen LogP contribution in [0.25, 0.3) is 0 Å². The largest absolute Gasteiger partial charge is 0.377 e. The zero-order valence-corrected chi connectivity index (χ0v) is 12.6. The Morgan fingerprint density at radius 1 is 1.38 bits per heavy atom. The first kappa shape index (κ1) is 15.4. The van der Waals surface area contributed by atoms with Gasteiger partial charge in [-0.2, -0.15) is 4.39 Å². The van der Waals surface area contributed by atoms with Crippen LogP contribution >= 0.6 is 11.3 Å². The highest BCUT2D eigenvalue weighted by Crippen LogP contribution is 2.29. The normalized spacial score (nSPS) is 12.4. The number of hydrogen-bond acceptors (Lipinski definition) is 5. The number of likely N-dealkylation sites (N-methyl/N-ethyl adjacent to an activating group) is 1. The maximum Gasteiger partial charge on any atom is 0.327 e. The predicted octanol–water partition coefficient (Wildman–Crippen LogP) is 3.51. The van der Waals surface area contributed by atoms with Crippen molar-refractivity contribution < 1.29 is 9.31 Å². The lowest BCUT2D eigenvalue weighted by Crippen LogP contribution is -2.26. The Bertz CT molecular complexity index is 617. The second-order valence-corrected chi connectivity index (χ2v) is 5.75. The first-order valence-corrected chi connectivity index (χ1v) is 7.25. The first-order valence-electron chi connectivity index (χ1n) is 6.37. The standard InChI is InChI=1S/C14H16FN3O2S/c1-17(2)12(13-7-4-8-21-13)9-16-11-6-3-5-10(15)14(11)18(19)20/h3-8,12,16H,9H2,1-2H3/t12-/m1/s1. The summed E-state index contributed by atoms with van der Waals surface area (Å²) in [7, 11) is 3.87. The van der Waals surface area contributed by atoms with E-state index in [4.69, 9.17) is 0 Å². The number of para-hydroxylation sites is 1. The predicted molar refractivity (Wildman–Crippen MR) is 82.3 cm³/mol. The summed E-state index contributed by atoms with van der Waals surface area (Å²) in [5.74, 6) is -0.831. The number of nitrogens with one attached hydrogen (secondary N) is 1. The van der Waals surface area contributed by atoms with E-state index in [0.717, 1.165) is 10.9 Å². The van der Waals surface area contributed by atoms with Crippen LogP contribution in [-0.4, -0.2) is 30.5 Å². The summed E-state index contributed by atoms with van der Waals surface area (Å²) in [6, 6.07) is 8.10. The molecule has 0 aliphatic rings. The number of thiophene rings is 1. The van der Waals surface area contributed by atoms with Crippen molar-refractivity contribution in [2.45, 2.75) is 6.04 Å². The van der Waals surface area contributed by atoms with E-state index in [-0.39, 0.29) is 11.7 Å². The molecule has 1 N–H and O–H groups in total. The van der Waals surface area contributed by atoms with Crippen molar-refractivity contribution in [3.05, 3.63) is 56.5 Å². The highest BCUT2D eigenvalue weighted by atomic mass is 32.1. The lowest BCUT2D eigenvalue weighted by Gasteiger charge is -2.24. The number of nitro groups is 1. The lowest BCUT2D eigenvalue weighted by molar-refractivity contribution is -0.386. The molecule has 21 heavy (non-hydrogen) atoms. The third-order valence-electron chi connectivity index (χ3n) is 3.15. The van der Waals surface area contributed by atoms with Crippen LogP contribution in [-0.2, 0) is 0 Å². The lowest BCUT2D eigenvalue weighted by atomic mass is 10.2. The molecule has 0 unspecified atom stereocenters. The van der Waals surface area contributed by atoms with Crippen LogP contribution in [0.1, 0.15) is 10.9 Å². The molecule has 0 spiro atoms. The topological polar surface area (TPSA) is 58.4 Å². The molecule has 112 valence electrons. The average molecular weight is 309 g/mol. The smallest absolute Gasteiger partial charge is 0.327 e. The fraction of sp³-hybridized carbons (Fsp3) is 0.286. The van der Waals surface area contributed by atoms with Crippen LogP contribution in [0.2, 0.25) is 0 Å². The van der Waals surface area contributed by atoms with Gasteiger partial charge in [-0.05, 0) is 37.7 Å². The molecule has 0 fully saturated rings. The number of nitro benzene ring substituents is 1. The molecule has 0 aliphatic carbocycles. The van der Waals surface area contributed by atoms with E-state index in [1.54, 1.807) is 11.3 Å². The van der Waals surface area contributed by atoms with Crippen LogP contribution < -0.4 is 5.32 Å². The zero-order valence-electron chi connectivity index (χ0n) is 11.7. The van der Waals surface area contributed by atoms with E-state index in [1.165, 1.54) is 12.1 Å². The maximum atomic E-state index is 13.6. The number of benzene rings is 1. The summed E-state index contributed by atoms with van der Waals surface area (Å²) in [6.07, 6.45) is 0. The van der Waals surface area contributed by atoms with Crippen LogP contribution in [0.15, 0.2) is 35.7 Å². The Morgan fingerprint density at radius 2 is 2.14 bits per heavy atom. The molecule has 0 saturated heterocycles. The van der Waals surface area contributed by atoms with Crippen LogP contribution in [0, 0.1) is 15.9 Å². The van der Waals surface area contributed by atoms with E-state index in [0.29, 0.717) is 6.54 Å². The third kappa shape index (κ3) is 3.56. The fourth-order valence-corrected chi connectivity index (χ4v) is 2.99. The summed E-state index contributed by atoms with van der Waals surface area (Å²) in [4.78, 5) is 13.4. The second-order valence-electron chi connectivity index (χ2n) is 4.77. The highest BCUT2D eigenvalue weighted by Gasteiger charge is 2.21. The molecule has 7 heteroatoms. The van der Waals surface area contributed by atoms with Gasteiger partial charge in [-0.3, -0.25) is 10.1 Å². The fourth-order valence-electron chi connectivity index (χ4n) is 2.07. The summed E-state index contributed by atoms with van der Waals surface area (Å²) >= 11 is 1.62. The summed E-state index contributed by atoms with van der Waals surface area (Å²) in [6.45, 7) is 0.456. The zero-order chi connectivity index (χ0) is 15.4. The molecule has 1 aromatic heterocycles. The Labute approximate surface area is 126 Å². The van der Waals surface area contributed by atoms with Crippen molar-refractivity contribution in [1.29, 1.82) is 0 Å². The molecule has 1 aromatic carbocycles. The van der Waals surface area contributed by atoms with Crippen molar-refractivity contribution in [3.8, 4) is 0 Å². The molecule has 0 radical (unpaired) electrons. The van der Waals surface area contributed by atoms with Crippen molar-refractivity contribution in [2.24, 2.45) is 0 Å². The van der Waals surface area contributed by atoms with Gasteiger partial charge in [0.2, 0.25) is 5.82 Å². The van der Waals surface area contributed by atoms with E-state index in [1.807, 2.05) is 36.5 Å². The molecular formula is C14H16FN3O2S. The first-order chi connectivity index (χ1) is 10.0. The molecule has 0 amide bonds. The number of halogens is 1. The van der Waals surface area contributed by atoms with Crippen molar-refractivity contribution in [1.82, 2.24) is 4.90 Å². The van der Waals surface area contributed by atoms with Crippen molar-refractivity contribution in [3.63, 3.8) is 0 Å². The van der Waals surface area contributed by atoms with Crippen LogP contribution in [0.5, 0.6) is 0 Å². The quantitative estimate of drug-likeness (QED) is 0.655.